The Morgan fingerprint density at radius 3 is 2.50 bits per heavy atom. The second-order valence-electron chi connectivity index (χ2n) is 4.26. The molecule has 0 aliphatic carbocycles. The Balaban J connectivity index is 2.49. The molecule has 1 fully saturated rings. The Hall–Kier alpha value is -1.13. The van der Waals surface area contributed by atoms with E-state index >= 15 is 0 Å². The maximum Gasteiger partial charge on any atom is 0.405 e. The van der Waals surface area contributed by atoms with Gasteiger partial charge in [-0.2, -0.15) is 17.5 Å². The molecule has 0 bridgehead atoms. The van der Waals surface area contributed by atoms with Crippen LogP contribution in [0.3, 0.4) is 0 Å². The fraction of sp³-hybridized carbons (Fsp3) is 0.500. The van der Waals surface area contributed by atoms with E-state index in [0.29, 0.717) is 0 Å². The van der Waals surface area contributed by atoms with Gasteiger partial charge < -0.3 is 5.11 Å². The van der Waals surface area contributed by atoms with Gasteiger partial charge >= 0.3 is 12.1 Å². The van der Waals surface area contributed by atoms with E-state index in [1.807, 2.05) is 0 Å². The predicted octanol–water partition coefficient (Wildman–Crippen LogP) is 1.92. The number of aliphatic carboxylic acids is 1. The lowest BCUT2D eigenvalue weighted by Crippen LogP contribution is -2.50. The summed E-state index contributed by atoms with van der Waals surface area (Å²) in [5.74, 6) is -1.57. The molecule has 1 aromatic heterocycles. The van der Waals surface area contributed by atoms with E-state index in [-0.39, 0.29) is 14.9 Å². The van der Waals surface area contributed by atoms with Gasteiger partial charge in [0.1, 0.15) is 16.3 Å². The number of thiophene rings is 1. The molecular weight excluding hydrogens is 319 g/mol. The van der Waals surface area contributed by atoms with Crippen molar-refractivity contribution in [2.75, 3.05) is 0 Å². The van der Waals surface area contributed by atoms with Crippen molar-refractivity contribution in [2.24, 2.45) is 0 Å². The van der Waals surface area contributed by atoms with Crippen LogP contribution in [0, 0.1) is 0 Å². The molecule has 0 saturated carbocycles. The van der Waals surface area contributed by atoms with Crippen LogP contribution in [0.4, 0.5) is 13.2 Å². The number of hydrogen-bond acceptors (Lipinski definition) is 4. The van der Waals surface area contributed by atoms with Crippen LogP contribution in [0.1, 0.15) is 12.8 Å². The highest BCUT2D eigenvalue weighted by molar-refractivity contribution is 7.91. The number of carboxylic acids is 1. The Labute approximate surface area is 116 Å². The molecule has 1 N–H and O–H groups in total. The number of halogens is 3. The van der Waals surface area contributed by atoms with E-state index in [0.717, 1.165) is 17.4 Å². The zero-order valence-electron chi connectivity index (χ0n) is 9.87. The average molecular weight is 329 g/mol. The molecule has 2 atom stereocenters. The quantitative estimate of drug-likeness (QED) is 0.919. The molecule has 2 unspecified atom stereocenters. The third-order valence-electron chi connectivity index (χ3n) is 3.02. The van der Waals surface area contributed by atoms with Gasteiger partial charge in [-0.1, -0.05) is 6.07 Å². The minimum Gasteiger partial charge on any atom is -0.480 e. The third kappa shape index (κ3) is 2.54. The van der Waals surface area contributed by atoms with Crippen molar-refractivity contribution >= 4 is 27.3 Å². The van der Waals surface area contributed by atoms with Crippen LogP contribution >= 0.6 is 11.3 Å². The lowest BCUT2D eigenvalue weighted by atomic mass is 10.2. The van der Waals surface area contributed by atoms with Crippen LogP contribution in [-0.2, 0) is 14.8 Å². The number of carbonyl (C=O) groups is 1. The van der Waals surface area contributed by atoms with Gasteiger partial charge in [-0.05, 0) is 24.3 Å². The van der Waals surface area contributed by atoms with E-state index in [2.05, 4.69) is 0 Å². The van der Waals surface area contributed by atoms with Crippen molar-refractivity contribution in [3.8, 4) is 0 Å². The fourth-order valence-corrected chi connectivity index (χ4v) is 5.09. The van der Waals surface area contributed by atoms with Gasteiger partial charge in [-0.25, -0.2) is 8.42 Å². The standard InChI is InChI=1S/C10H10F3NO4S2/c11-10(12,13)7-4-3-6(9(15)16)14(7)20(17,18)8-2-1-5-19-8/h1-2,5-7H,3-4H2,(H,15,16). The van der Waals surface area contributed by atoms with Crippen molar-refractivity contribution in [1.29, 1.82) is 0 Å². The van der Waals surface area contributed by atoms with Crippen LogP contribution in [-0.4, -0.2) is 42.1 Å². The second-order valence-corrected chi connectivity index (χ2v) is 7.27. The van der Waals surface area contributed by atoms with Crippen LogP contribution in [0.5, 0.6) is 0 Å². The molecule has 1 aliphatic rings. The first-order valence-electron chi connectivity index (χ1n) is 5.52. The van der Waals surface area contributed by atoms with Crippen molar-refractivity contribution in [3.05, 3.63) is 17.5 Å². The van der Waals surface area contributed by atoms with Crippen molar-refractivity contribution < 1.29 is 31.5 Å². The number of rotatable bonds is 3. The van der Waals surface area contributed by atoms with E-state index in [9.17, 15) is 26.4 Å². The highest BCUT2D eigenvalue weighted by Gasteiger charge is 2.56. The molecule has 112 valence electrons. The summed E-state index contributed by atoms with van der Waals surface area (Å²) in [7, 11) is -4.47. The van der Waals surface area contributed by atoms with E-state index in [1.54, 1.807) is 0 Å². The summed E-state index contributed by atoms with van der Waals surface area (Å²) in [6.45, 7) is 0. The van der Waals surface area contributed by atoms with Crippen molar-refractivity contribution in [1.82, 2.24) is 4.31 Å². The Morgan fingerprint density at radius 1 is 1.40 bits per heavy atom. The first-order chi connectivity index (χ1) is 9.15. The maximum absolute atomic E-state index is 12.9. The highest BCUT2D eigenvalue weighted by Crippen LogP contribution is 2.40. The van der Waals surface area contributed by atoms with Crippen LogP contribution in [0.15, 0.2) is 21.7 Å². The van der Waals surface area contributed by atoms with Gasteiger partial charge in [0.05, 0.1) is 0 Å². The maximum atomic E-state index is 12.9. The lowest BCUT2D eigenvalue weighted by Gasteiger charge is -2.28. The van der Waals surface area contributed by atoms with Gasteiger partial charge in [0.25, 0.3) is 10.0 Å². The molecule has 0 amide bonds. The Kier molecular flexibility index (Phi) is 3.82. The summed E-state index contributed by atoms with van der Waals surface area (Å²) in [6, 6.07) is -1.44. The van der Waals surface area contributed by atoms with Gasteiger partial charge in [0.15, 0.2) is 0 Å². The number of alkyl halides is 3. The molecule has 1 aliphatic heterocycles. The summed E-state index contributed by atoms with van der Waals surface area (Å²) >= 11 is 0.753. The fourth-order valence-electron chi connectivity index (χ4n) is 2.18. The minimum atomic E-state index is -4.80. The van der Waals surface area contributed by atoms with Crippen molar-refractivity contribution in [2.45, 2.75) is 35.3 Å². The van der Waals surface area contributed by atoms with Crippen LogP contribution in [0.2, 0.25) is 0 Å². The first-order valence-corrected chi connectivity index (χ1v) is 7.84. The molecular formula is C10H10F3NO4S2. The third-order valence-corrected chi connectivity index (χ3v) is 6.31. The molecule has 5 nitrogen and oxygen atoms in total. The van der Waals surface area contributed by atoms with Crippen molar-refractivity contribution in [3.63, 3.8) is 0 Å². The molecule has 0 aromatic carbocycles. The monoisotopic (exact) mass is 329 g/mol. The summed E-state index contributed by atoms with van der Waals surface area (Å²) in [5.41, 5.74) is 0. The summed E-state index contributed by atoms with van der Waals surface area (Å²) in [4.78, 5) is 11.0. The molecule has 10 heteroatoms. The average Bonchev–Trinajstić information content (AvgIpc) is 2.98. The zero-order chi connectivity index (χ0) is 15.1. The molecule has 0 radical (unpaired) electrons. The molecule has 1 saturated heterocycles. The van der Waals surface area contributed by atoms with Crippen LogP contribution < -0.4 is 0 Å². The normalized spacial score (nSPS) is 24.9. The second kappa shape index (κ2) is 5.01. The summed E-state index contributed by atoms with van der Waals surface area (Å²) in [5, 5.41) is 10.4. The number of carboxylic acid groups (broad SMARTS) is 1. The van der Waals surface area contributed by atoms with Gasteiger partial charge in [0, 0.05) is 0 Å². The Morgan fingerprint density at radius 2 is 2.05 bits per heavy atom. The number of nitrogens with zero attached hydrogens (tertiary/aromatic N) is 1. The summed E-state index contributed by atoms with van der Waals surface area (Å²) in [6.07, 6.45) is -5.70. The first kappa shape index (κ1) is 15.3. The minimum absolute atomic E-state index is 0.0845. The lowest BCUT2D eigenvalue weighted by molar-refractivity contribution is -0.169. The number of sulfonamides is 1. The van der Waals surface area contributed by atoms with E-state index in [4.69, 9.17) is 5.11 Å². The molecule has 2 rings (SSSR count). The highest BCUT2D eigenvalue weighted by atomic mass is 32.2. The van der Waals surface area contributed by atoms with Crippen LogP contribution in [0.25, 0.3) is 0 Å². The van der Waals surface area contributed by atoms with Gasteiger partial charge in [-0.15, -0.1) is 11.3 Å². The largest absolute Gasteiger partial charge is 0.480 e. The number of hydrogen-bond donors (Lipinski definition) is 1. The van der Waals surface area contributed by atoms with E-state index < -0.39 is 40.7 Å². The smallest absolute Gasteiger partial charge is 0.405 e. The Bertz CT molecular complexity index is 597. The summed E-state index contributed by atoms with van der Waals surface area (Å²) < 4.78 is 63.0. The van der Waals surface area contributed by atoms with Gasteiger partial charge in [-0.3, -0.25) is 4.79 Å². The topological polar surface area (TPSA) is 74.7 Å². The molecule has 2 heterocycles. The molecule has 20 heavy (non-hydrogen) atoms. The molecule has 0 spiro atoms. The zero-order valence-corrected chi connectivity index (χ0v) is 11.5. The molecule has 1 aromatic rings. The van der Waals surface area contributed by atoms with E-state index in [1.165, 1.54) is 11.4 Å². The predicted molar refractivity (Wildman–Crippen MR) is 63.8 cm³/mol. The SMILES string of the molecule is O=C(O)C1CCC(C(F)(F)F)N1S(=O)(=O)c1cccs1. The van der Waals surface area contributed by atoms with Gasteiger partial charge in [0.2, 0.25) is 0 Å².